The summed E-state index contributed by atoms with van der Waals surface area (Å²) in [5.74, 6) is 0.565. The summed E-state index contributed by atoms with van der Waals surface area (Å²) in [4.78, 5) is 11.6. The van der Waals surface area contributed by atoms with E-state index in [0.717, 1.165) is 29.4 Å². The van der Waals surface area contributed by atoms with Gasteiger partial charge in [-0.25, -0.2) is 0 Å². The third kappa shape index (κ3) is 2.45. The van der Waals surface area contributed by atoms with E-state index in [4.69, 9.17) is 0 Å². The summed E-state index contributed by atoms with van der Waals surface area (Å²) in [6, 6.07) is 14.8. The van der Waals surface area contributed by atoms with Gasteiger partial charge < -0.3 is 4.40 Å². The summed E-state index contributed by atoms with van der Waals surface area (Å²) in [7, 11) is 0. The number of rotatable bonds is 4. The molecule has 2 heteroatoms. The van der Waals surface area contributed by atoms with E-state index >= 15 is 0 Å². The first-order valence-electron chi connectivity index (χ1n) is 7.81. The van der Waals surface area contributed by atoms with Crippen LogP contribution in [0, 0.1) is 6.92 Å². The van der Waals surface area contributed by atoms with Gasteiger partial charge in [0.25, 0.3) is 0 Å². The Kier molecular flexibility index (Phi) is 3.84. The number of carbonyl (C=O) groups is 1. The van der Waals surface area contributed by atoms with Gasteiger partial charge in [0.15, 0.2) is 6.29 Å². The normalized spacial score (nSPS) is 12.5. The van der Waals surface area contributed by atoms with Gasteiger partial charge in [0, 0.05) is 17.3 Å². The summed E-state index contributed by atoms with van der Waals surface area (Å²) < 4.78 is 1.96. The second-order valence-corrected chi connectivity index (χ2v) is 5.99. The molecule has 3 aromatic rings. The van der Waals surface area contributed by atoms with Crippen LogP contribution in [0.2, 0.25) is 0 Å². The molecule has 0 bridgehead atoms. The van der Waals surface area contributed by atoms with Crippen molar-refractivity contribution in [3.8, 4) is 11.1 Å². The molecular formula is C20H21NO. The van der Waals surface area contributed by atoms with Crippen LogP contribution >= 0.6 is 0 Å². The molecular weight excluding hydrogens is 270 g/mol. The van der Waals surface area contributed by atoms with E-state index in [1.54, 1.807) is 0 Å². The minimum Gasteiger partial charge on any atom is -0.314 e. The van der Waals surface area contributed by atoms with E-state index in [9.17, 15) is 4.79 Å². The van der Waals surface area contributed by atoms with Crippen molar-refractivity contribution in [3.63, 3.8) is 0 Å². The number of benzene rings is 1. The van der Waals surface area contributed by atoms with E-state index in [0.29, 0.717) is 11.6 Å². The molecule has 1 aromatic carbocycles. The molecule has 0 aliphatic rings. The molecule has 0 N–H and O–H groups in total. The molecule has 0 spiro atoms. The smallest absolute Gasteiger partial charge is 0.167 e. The Morgan fingerprint density at radius 3 is 2.50 bits per heavy atom. The van der Waals surface area contributed by atoms with E-state index < -0.39 is 0 Å². The van der Waals surface area contributed by atoms with Crippen LogP contribution in [0.25, 0.3) is 16.6 Å². The zero-order chi connectivity index (χ0) is 15.7. The Labute approximate surface area is 131 Å². The summed E-state index contributed by atoms with van der Waals surface area (Å²) >= 11 is 0. The number of aldehydes is 1. The van der Waals surface area contributed by atoms with Crippen molar-refractivity contribution >= 4 is 11.8 Å². The maximum atomic E-state index is 11.6. The lowest BCUT2D eigenvalue weighted by Crippen LogP contribution is -1.93. The van der Waals surface area contributed by atoms with Crippen molar-refractivity contribution in [1.29, 1.82) is 0 Å². The highest BCUT2D eigenvalue weighted by molar-refractivity contribution is 5.89. The lowest BCUT2D eigenvalue weighted by molar-refractivity contribution is 0.111. The third-order valence-electron chi connectivity index (χ3n) is 4.48. The minimum atomic E-state index is 0.565. The number of hydrogen-bond acceptors (Lipinski definition) is 1. The predicted octanol–water partition coefficient (Wildman–Crippen LogP) is 5.24. The fourth-order valence-corrected chi connectivity index (χ4v) is 2.89. The summed E-state index contributed by atoms with van der Waals surface area (Å²) in [6.07, 6.45) is 4.04. The van der Waals surface area contributed by atoms with Crippen LogP contribution in [0.15, 0.2) is 48.7 Å². The fraction of sp³-hybridized carbons (Fsp3) is 0.250. The second kappa shape index (κ2) is 5.80. The minimum absolute atomic E-state index is 0.565. The second-order valence-electron chi connectivity index (χ2n) is 5.99. The number of aromatic nitrogens is 1. The first kappa shape index (κ1) is 14.6. The molecule has 1 unspecified atom stereocenters. The number of fused-ring (bicyclic) bond motifs is 1. The number of nitrogens with zero attached hydrogens (tertiary/aromatic N) is 1. The molecule has 0 aliphatic carbocycles. The summed E-state index contributed by atoms with van der Waals surface area (Å²) in [5.41, 5.74) is 6.40. The highest BCUT2D eigenvalue weighted by atomic mass is 16.1. The van der Waals surface area contributed by atoms with Gasteiger partial charge in [-0.2, -0.15) is 0 Å². The van der Waals surface area contributed by atoms with Gasteiger partial charge in [-0.05, 0) is 54.2 Å². The van der Waals surface area contributed by atoms with Gasteiger partial charge in [-0.3, -0.25) is 4.79 Å². The van der Waals surface area contributed by atoms with E-state index in [1.165, 1.54) is 11.1 Å². The lowest BCUT2D eigenvalue weighted by atomic mass is 9.96. The molecule has 0 aliphatic heterocycles. The molecule has 0 fully saturated rings. The zero-order valence-corrected chi connectivity index (χ0v) is 13.3. The van der Waals surface area contributed by atoms with Gasteiger partial charge in [0.2, 0.25) is 0 Å². The van der Waals surface area contributed by atoms with E-state index in [1.807, 2.05) is 16.7 Å². The molecule has 0 saturated carbocycles. The maximum absolute atomic E-state index is 11.6. The topological polar surface area (TPSA) is 21.5 Å². The fourth-order valence-electron chi connectivity index (χ4n) is 2.89. The van der Waals surface area contributed by atoms with Gasteiger partial charge in [0.1, 0.15) is 0 Å². The highest BCUT2D eigenvalue weighted by Crippen LogP contribution is 2.29. The molecule has 2 aromatic heterocycles. The van der Waals surface area contributed by atoms with Crippen LogP contribution in [0.5, 0.6) is 0 Å². The Hall–Kier alpha value is -2.35. The molecule has 3 rings (SSSR count). The lowest BCUT2D eigenvalue weighted by Gasteiger charge is -2.09. The zero-order valence-electron chi connectivity index (χ0n) is 13.3. The number of pyridine rings is 1. The standard InChI is InChI=1S/C20H21NO/c1-4-15(3)16-5-7-17(8-6-16)19-12-18-11-14(2)9-10-21(18)20(19)13-22/h5-13,15H,4H2,1-3H3. The van der Waals surface area contributed by atoms with Crippen LogP contribution < -0.4 is 0 Å². The van der Waals surface area contributed by atoms with Crippen LogP contribution in [-0.4, -0.2) is 10.7 Å². The average molecular weight is 291 g/mol. The predicted molar refractivity (Wildman–Crippen MR) is 91.7 cm³/mol. The molecule has 0 radical (unpaired) electrons. The van der Waals surface area contributed by atoms with Crippen molar-refractivity contribution in [2.45, 2.75) is 33.1 Å². The monoisotopic (exact) mass is 291 g/mol. The van der Waals surface area contributed by atoms with Gasteiger partial charge in [0.05, 0.1) is 5.69 Å². The van der Waals surface area contributed by atoms with Crippen molar-refractivity contribution in [1.82, 2.24) is 4.40 Å². The summed E-state index contributed by atoms with van der Waals surface area (Å²) in [6.45, 7) is 6.50. The molecule has 22 heavy (non-hydrogen) atoms. The average Bonchev–Trinajstić information content (AvgIpc) is 2.91. The van der Waals surface area contributed by atoms with Gasteiger partial charge >= 0.3 is 0 Å². The van der Waals surface area contributed by atoms with E-state index in [-0.39, 0.29) is 0 Å². The first-order chi connectivity index (χ1) is 10.6. The molecule has 112 valence electrons. The Balaban J connectivity index is 2.11. The molecule has 0 saturated heterocycles. The van der Waals surface area contributed by atoms with Crippen LogP contribution in [-0.2, 0) is 0 Å². The van der Waals surface area contributed by atoms with Crippen molar-refractivity contribution < 1.29 is 4.79 Å². The third-order valence-corrected chi connectivity index (χ3v) is 4.48. The molecule has 2 heterocycles. The van der Waals surface area contributed by atoms with Crippen LogP contribution in [0.3, 0.4) is 0 Å². The van der Waals surface area contributed by atoms with E-state index in [2.05, 4.69) is 57.2 Å². The molecule has 2 nitrogen and oxygen atoms in total. The van der Waals surface area contributed by atoms with Crippen molar-refractivity contribution in [2.75, 3.05) is 0 Å². The largest absolute Gasteiger partial charge is 0.314 e. The van der Waals surface area contributed by atoms with Crippen LogP contribution in [0.4, 0.5) is 0 Å². The Morgan fingerprint density at radius 2 is 1.86 bits per heavy atom. The Bertz CT molecular complexity index is 812. The Morgan fingerprint density at radius 1 is 1.14 bits per heavy atom. The number of carbonyl (C=O) groups excluding carboxylic acids is 1. The highest BCUT2D eigenvalue weighted by Gasteiger charge is 2.12. The maximum Gasteiger partial charge on any atom is 0.167 e. The van der Waals surface area contributed by atoms with Crippen molar-refractivity contribution in [2.24, 2.45) is 0 Å². The quantitative estimate of drug-likeness (QED) is 0.602. The SMILES string of the molecule is CCC(C)c1ccc(-c2cc3cc(C)ccn3c2C=O)cc1. The summed E-state index contributed by atoms with van der Waals surface area (Å²) in [5, 5.41) is 0. The molecule has 0 amide bonds. The number of hydrogen-bond donors (Lipinski definition) is 0. The van der Waals surface area contributed by atoms with Gasteiger partial charge in [-0.1, -0.05) is 38.1 Å². The number of aryl methyl sites for hydroxylation is 1. The van der Waals surface area contributed by atoms with Gasteiger partial charge in [-0.15, -0.1) is 0 Å². The molecule has 1 atom stereocenters. The van der Waals surface area contributed by atoms with Crippen molar-refractivity contribution in [3.05, 3.63) is 65.5 Å². The first-order valence-corrected chi connectivity index (χ1v) is 7.81. The van der Waals surface area contributed by atoms with Crippen LogP contribution in [0.1, 0.15) is 47.8 Å².